The van der Waals surface area contributed by atoms with E-state index in [1.165, 1.54) is 0 Å². The summed E-state index contributed by atoms with van der Waals surface area (Å²) in [6, 6.07) is 20.3. The first kappa shape index (κ1) is 17.0. The molecule has 0 aliphatic heterocycles. The maximum atomic E-state index is 11.5. The predicted octanol–water partition coefficient (Wildman–Crippen LogP) is 5.12. The van der Waals surface area contributed by atoms with Crippen molar-refractivity contribution in [1.82, 2.24) is 9.97 Å². The van der Waals surface area contributed by atoms with Crippen LogP contribution in [0.1, 0.15) is 23.7 Å². The zero-order valence-corrected chi connectivity index (χ0v) is 16.1. The lowest BCUT2D eigenvalue weighted by molar-refractivity contribution is -0.137. The Balaban J connectivity index is 1.75. The Kier molecular flexibility index (Phi) is 4.63. The van der Waals surface area contributed by atoms with Crippen molar-refractivity contribution in [3.8, 4) is 0 Å². The van der Waals surface area contributed by atoms with E-state index in [2.05, 4.69) is 50.8 Å². The van der Waals surface area contributed by atoms with Gasteiger partial charge in [0.05, 0.1) is 17.5 Å². The van der Waals surface area contributed by atoms with Crippen molar-refractivity contribution < 1.29 is 9.90 Å². The third-order valence-corrected chi connectivity index (χ3v) is 5.29. The smallest absolute Gasteiger partial charge is 0.303 e. The van der Waals surface area contributed by atoms with Gasteiger partial charge in [-0.15, -0.1) is 0 Å². The molecule has 2 N–H and O–H groups in total. The fourth-order valence-electron chi connectivity index (χ4n) is 3.47. The number of imidazole rings is 1. The molecule has 5 heteroatoms. The van der Waals surface area contributed by atoms with Crippen LogP contribution in [0.5, 0.6) is 0 Å². The number of aliphatic carboxylic acids is 1. The highest BCUT2D eigenvalue weighted by Crippen LogP contribution is 2.31. The molecule has 1 atom stereocenters. The molecule has 4 rings (SSSR count). The van der Waals surface area contributed by atoms with Crippen molar-refractivity contribution in [1.29, 1.82) is 0 Å². The first-order valence-corrected chi connectivity index (χ1v) is 9.51. The molecule has 4 nitrogen and oxygen atoms in total. The van der Waals surface area contributed by atoms with Gasteiger partial charge in [-0.2, -0.15) is 0 Å². The quantitative estimate of drug-likeness (QED) is 0.410. The Morgan fingerprint density at radius 1 is 1.12 bits per heavy atom. The van der Waals surface area contributed by atoms with Gasteiger partial charge in [0, 0.05) is 15.9 Å². The third kappa shape index (κ3) is 3.44. The molecule has 1 unspecified atom stereocenters. The number of hydrogen-bond donors (Lipinski definition) is 2. The fraction of sp³-hybridized carbons (Fsp3) is 0.143. The van der Waals surface area contributed by atoms with Crippen LogP contribution in [0, 0.1) is 3.57 Å². The van der Waals surface area contributed by atoms with Gasteiger partial charge >= 0.3 is 5.97 Å². The number of H-pyrrole nitrogens is 1. The summed E-state index contributed by atoms with van der Waals surface area (Å²) in [4.78, 5) is 19.5. The molecule has 1 heterocycles. The van der Waals surface area contributed by atoms with Gasteiger partial charge in [-0.05, 0) is 57.1 Å². The van der Waals surface area contributed by atoms with E-state index in [9.17, 15) is 9.90 Å². The van der Waals surface area contributed by atoms with E-state index in [-0.39, 0.29) is 12.3 Å². The number of hydrogen-bond acceptors (Lipinski definition) is 2. The Bertz CT molecular complexity index is 1100. The Labute approximate surface area is 164 Å². The van der Waals surface area contributed by atoms with Gasteiger partial charge in [-0.3, -0.25) is 4.79 Å². The summed E-state index contributed by atoms with van der Waals surface area (Å²) in [6.45, 7) is 0. The molecule has 0 spiro atoms. The van der Waals surface area contributed by atoms with Crippen LogP contribution in [0.15, 0.2) is 60.7 Å². The molecule has 130 valence electrons. The molecule has 1 aromatic heterocycles. The Morgan fingerprint density at radius 3 is 2.77 bits per heavy atom. The number of rotatable bonds is 5. The molecular formula is C21H17IN2O2. The number of halogens is 1. The van der Waals surface area contributed by atoms with Crippen LogP contribution in [0.2, 0.25) is 0 Å². The monoisotopic (exact) mass is 456 g/mol. The van der Waals surface area contributed by atoms with Crippen molar-refractivity contribution >= 4 is 50.4 Å². The van der Waals surface area contributed by atoms with Crippen LogP contribution in [0.3, 0.4) is 0 Å². The van der Waals surface area contributed by atoms with Crippen molar-refractivity contribution in [3.63, 3.8) is 0 Å². The van der Waals surface area contributed by atoms with Crippen molar-refractivity contribution in [2.24, 2.45) is 0 Å². The van der Waals surface area contributed by atoms with E-state index in [1.54, 1.807) is 0 Å². The van der Waals surface area contributed by atoms with Crippen molar-refractivity contribution in [2.75, 3.05) is 0 Å². The van der Waals surface area contributed by atoms with Gasteiger partial charge in [0.1, 0.15) is 5.82 Å². The van der Waals surface area contributed by atoms with Crippen LogP contribution >= 0.6 is 22.6 Å². The Morgan fingerprint density at radius 2 is 1.92 bits per heavy atom. The number of nitrogens with zero attached hydrogens (tertiary/aromatic N) is 1. The average molecular weight is 456 g/mol. The predicted molar refractivity (Wildman–Crippen MR) is 111 cm³/mol. The number of nitrogens with one attached hydrogen (secondary N) is 1. The van der Waals surface area contributed by atoms with Crippen LogP contribution in [0.4, 0.5) is 0 Å². The summed E-state index contributed by atoms with van der Waals surface area (Å²) in [5.74, 6) is -0.118. The number of fused-ring (bicyclic) bond motifs is 2. The first-order chi connectivity index (χ1) is 12.6. The number of aromatic amines is 1. The summed E-state index contributed by atoms with van der Waals surface area (Å²) in [7, 11) is 0. The summed E-state index contributed by atoms with van der Waals surface area (Å²) in [5, 5.41) is 11.7. The average Bonchev–Trinajstić information content (AvgIpc) is 3.01. The summed E-state index contributed by atoms with van der Waals surface area (Å²) >= 11 is 2.27. The SMILES string of the molecule is O=C(O)CC(Cc1nc2cc(I)ccc2[nH]1)c1cccc2ccccc12. The number of carboxylic acids is 1. The largest absolute Gasteiger partial charge is 0.481 e. The molecule has 0 radical (unpaired) electrons. The molecule has 26 heavy (non-hydrogen) atoms. The minimum Gasteiger partial charge on any atom is -0.481 e. The highest BCUT2D eigenvalue weighted by molar-refractivity contribution is 14.1. The van der Waals surface area contributed by atoms with Gasteiger partial charge in [-0.1, -0.05) is 42.5 Å². The second-order valence-corrected chi connectivity index (χ2v) is 7.66. The normalized spacial score (nSPS) is 12.5. The van der Waals surface area contributed by atoms with Crippen LogP contribution in [-0.2, 0) is 11.2 Å². The van der Waals surface area contributed by atoms with Crippen molar-refractivity contribution in [3.05, 3.63) is 75.6 Å². The molecule has 0 aliphatic carbocycles. The highest BCUT2D eigenvalue weighted by atomic mass is 127. The first-order valence-electron chi connectivity index (χ1n) is 8.44. The maximum absolute atomic E-state index is 11.5. The Hall–Kier alpha value is -2.41. The summed E-state index contributed by atoms with van der Waals surface area (Å²) in [6.07, 6.45) is 0.633. The third-order valence-electron chi connectivity index (χ3n) is 4.62. The molecule has 0 aliphatic rings. The van der Waals surface area contributed by atoms with Gasteiger partial charge < -0.3 is 10.1 Å². The van der Waals surface area contributed by atoms with Gasteiger partial charge in [0.2, 0.25) is 0 Å². The van der Waals surface area contributed by atoms with Crippen LogP contribution < -0.4 is 0 Å². The van der Waals surface area contributed by atoms with E-state index in [0.717, 1.165) is 36.8 Å². The molecule has 4 aromatic rings. The van der Waals surface area contributed by atoms with Gasteiger partial charge in [-0.25, -0.2) is 4.98 Å². The van der Waals surface area contributed by atoms with Crippen LogP contribution in [0.25, 0.3) is 21.8 Å². The second kappa shape index (κ2) is 7.07. The van der Waals surface area contributed by atoms with Gasteiger partial charge in [0.15, 0.2) is 0 Å². The number of benzene rings is 3. The van der Waals surface area contributed by atoms with Crippen LogP contribution in [-0.4, -0.2) is 21.0 Å². The summed E-state index contributed by atoms with van der Waals surface area (Å²) in [5.41, 5.74) is 2.95. The van der Waals surface area contributed by atoms with E-state index >= 15 is 0 Å². The lowest BCUT2D eigenvalue weighted by Crippen LogP contribution is -2.10. The summed E-state index contributed by atoms with van der Waals surface area (Å²) < 4.78 is 1.13. The standard InChI is InChI=1S/C21H17IN2O2/c22-15-8-9-18-19(12-15)24-20(23-18)10-14(11-21(25)26)17-7-3-5-13-4-1-2-6-16(13)17/h1-9,12,14H,10-11H2,(H,23,24)(H,25,26). The zero-order chi connectivity index (χ0) is 18.1. The van der Waals surface area contributed by atoms with E-state index in [1.807, 2.05) is 42.5 Å². The number of carbonyl (C=O) groups is 1. The number of carboxylic acid groups (broad SMARTS) is 1. The van der Waals surface area contributed by atoms with Gasteiger partial charge in [0.25, 0.3) is 0 Å². The highest BCUT2D eigenvalue weighted by Gasteiger charge is 2.20. The molecule has 3 aromatic carbocycles. The lowest BCUT2D eigenvalue weighted by atomic mass is 9.88. The van der Waals surface area contributed by atoms with E-state index < -0.39 is 5.97 Å². The molecule has 0 bridgehead atoms. The molecule has 0 saturated carbocycles. The van der Waals surface area contributed by atoms with E-state index in [0.29, 0.717) is 6.42 Å². The fourth-order valence-corrected chi connectivity index (χ4v) is 3.95. The van der Waals surface area contributed by atoms with Crippen molar-refractivity contribution in [2.45, 2.75) is 18.8 Å². The second-order valence-electron chi connectivity index (χ2n) is 6.41. The minimum atomic E-state index is -0.798. The number of aromatic nitrogens is 2. The molecular weight excluding hydrogens is 439 g/mol. The zero-order valence-electron chi connectivity index (χ0n) is 13.9. The lowest BCUT2D eigenvalue weighted by Gasteiger charge is -2.16. The molecule has 0 fully saturated rings. The van der Waals surface area contributed by atoms with E-state index in [4.69, 9.17) is 0 Å². The maximum Gasteiger partial charge on any atom is 0.303 e. The molecule has 0 amide bonds. The topological polar surface area (TPSA) is 66.0 Å². The minimum absolute atomic E-state index is 0.0720. The molecule has 0 saturated heterocycles.